The van der Waals surface area contributed by atoms with Crippen LogP contribution in [0.4, 0.5) is 5.69 Å². The molecule has 2 atom stereocenters. The van der Waals surface area contributed by atoms with Gasteiger partial charge in [-0.15, -0.1) is 0 Å². The molecule has 0 bridgehead atoms. The van der Waals surface area contributed by atoms with Gasteiger partial charge in [0.1, 0.15) is 5.75 Å². The van der Waals surface area contributed by atoms with Crippen molar-refractivity contribution in [3.63, 3.8) is 0 Å². The first-order chi connectivity index (χ1) is 9.54. The molecule has 1 aromatic carbocycles. The van der Waals surface area contributed by atoms with Gasteiger partial charge in [0, 0.05) is 5.92 Å². The summed E-state index contributed by atoms with van der Waals surface area (Å²) >= 11 is 0. The summed E-state index contributed by atoms with van der Waals surface area (Å²) in [5, 5.41) is 9.12. The van der Waals surface area contributed by atoms with Gasteiger partial charge in [-0.2, -0.15) is 0 Å². The molecule has 108 valence electrons. The lowest BCUT2D eigenvalue weighted by molar-refractivity contribution is -0.145. The Kier molecular flexibility index (Phi) is 4.24. The van der Waals surface area contributed by atoms with Crippen LogP contribution >= 0.6 is 0 Å². The van der Waals surface area contributed by atoms with Crippen LogP contribution < -0.4 is 15.4 Å². The van der Waals surface area contributed by atoms with Gasteiger partial charge in [0.05, 0.1) is 12.2 Å². The number of nitrogens with zero attached hydrogens (tertiary/aromatic N) is 1. The number of carboxylic acid groups (broad SMARTS) is 1. The molecular weight excluding hydrogens is 260 g/mol. The second-order valence-electron chi connectivity index (χ2n) is 4.84. The number of carbonyl (C=O) groups excluding carboxylic acids is 1. The molecule has 0 saturated heterocycles. The molecule has 0 aromatic heterocycles. The maximum atomic E-state index is 12.4. The van der Waals surface area contributed by atoms with Crippen molar-refractivity contribution in [1.29, 1.82) is 0 Å². The van der Waals surface area contributed by atoms with Crippen molar-refractivity contribution in [3.05, 3.63) is 24.3 Å². The zero-order valence-corrected chi connectivity index (χ0v) is 11.3. The predicted molar refractivity (Wildman–Crippen MR) is 73.7 cm³/mol. The Hall–Kier alpha value is -2.08. The largest absolute Gasteiger partial charge is 0.478 e. The first-order valence-electron chi connectivity index (χ1n) is 6.54. The average Bonchev–Trinajstić information content (AvgIpc) is 2.45. The van der Waals surface area contributed by atoms with Crippen molar-refractivity contribution in [2.75, 3.05) is 18.0 Å². The highest BCUT2D eigenvalue weighted by Gasteiger charge is 2.34. The van der Waals surface area contributed by atoms with Gasteiger partial charge < -0.3 is 20.5 Å². The number of hydrogen-bond acceptors (Lipinski definition) is 4. The Morgan fingerprint density at radius 2 is 2.20 bits per heavy atom. The minimum absolute atomic E-state index is 0.0140. The third kappa shape index (κ3) is 2.75. The lowest BCUT2D eigenvalue weighted by Gasteiger charge is -2.34. The first-order valence-corrected chi connectivity index (χ1v) is 6.54. The van der Waals surface area contributed by atoms with Crippen molar-refractivity contribution < 1.29 is 19.4 Å². The second-order valence-corrected chi connectivity index (χ2v) is 4.84. The molecule has 20 heavy (non-hydrogen) atoms. The third-order valence-electron chi connectivity index (χ3n) is 3.34. The number of carboxylic acids is 1. The van der Waals surface area contributed by atoms with Crippen molar-refractivity contribution in [3.8, 4) is 5.75 Å². The van der Waals surface area contributed by atoms with Gasteiger partial charge in [0.2, 0.25) is 12.0 Å². The van der Waals surface area contributed by atoms with Crippen LogP contribution in [-0.4, -0.2) is 36.2 Å². The van der Waals surface area contributed by atoms with Crippen molar-refractivity contribution in [1.82, 2.24) is 0 Å². The minimum atomic E-state index is -1.08. The fraction of sp³-hybridized carbons (Fsp3) is 0.429. The van der Waals surface area contributed by atoms with Gasteiger partial charge in [0.25, 0.3) is 0 Å². The summed E-state index contributed by atoms with van der Waals surface area (Å²) in [6.45, 7) is 2.23. The van der Waals surface area contributed by atoms with Gasteiger partial charge in [-0.25, -0.2) is 4.79 Å². The summed E-state index contributed by atoms with van der Waals surface area (Å²) in [5.41, 5.74) is 6.09. The van der Waals surface area contributed by atoms with E-state index in [9.17, 15) is 9.59 Å². The molecule has 0 aliphatic carbocycles. The summed E-state index contributed by atoms with van der Waals surface area (Å²) in [7, 11) is 0. The third-order valence-corrected chi connectivity index (χ3v) is 3.34. The monoisotopic (exact) mass is 278 g/mol. The molecule has 1 heterocycles. The van der Waals surface area contributed by atoms with E-state index in [0.29, 0.717) is 24.4 Å². The van der Waals surface area contributed by atoms with Crippen LogP contribution in [0.5, 0.6) is 5.75 Å². The molecule has 1 aliphatic heterocycles. The molecule has 0 saturated carbocycles. The molecular formula is C14H18N2O4. The zero-order chi connectivity index (χ0) is 14.7. The normalized spacial score (nSPS) is 18.9. The molecule has 3 N–H and O–H groups in total. The highest BCUT2D eigenvalue weighted by atomic mass is 16.5. The maximum absolute atomic E-state index is 12.4. The second kappa shape index (κ2) is 5.92. The number of fused-ring (bicyclic) bond motifs is 1. The molecule has 6 heteroatoms. The number of benzene rings is 1. The number of hydrogen-bond donors (Lipinski definition) is 2. The van der Waals surface area contributed by atoms with Crippen molar-refractivity contribution in [2.24, 2.45) is 11.7 Å². The minimum Gasteiger partial charge on any atom is -0.478 e. The Bertz CT molecular complexity index is 518. The molecule has 6 nitrogen and oxygen atoms in total. The Morgan fingerprint density at radius 1 is 1.50 bits per heavy atom. The van der Waals surface area contributed by atoms with Crippen LogP contribution in [0, 0.1) is 5.92 Å². The number of anilines is 1. The summed E-state index contributed by atoms with van der Waals surface area (Å²) in [5.74, 6) is -1.04. The molecule has 0 fully saturated rings. The van der Waals surface area contributed by atoms with Crippen molar-refractivity contribution in [2.45, 2.75) is 19.4 Å². The number of carbonyl (C=O) groups is 2. The molecule has 1 amide bonds. The van der Waals surface area contributed by atoms with E-state index in [-0.39, 0.29) is 18.4 Å². The van der Waals surface area contributed by atoms with Gasteiger partial charge in [-0.1, -0.05) is 19.1 Å². The highest BCUT2D eigenvalue weighted by Crippen LogP contribution is 2.34. The summed E-state index contributed by atoms with van der Waals surface area (Å²) in [6.07, 6.45) is -0.477. The first kappa shape index (κ1) is 14.3. The number of para-hydroxylation sites is 2. The van der Waals surface area contributed by atoms with E-state index < -0.39 is 12.1 Å². The van der Waals surface area contributed by atoms with E-state index in [1.807, 2.05) is 0 Å². The molecule has 0 spiro atoms. The highest BCUT2D eigenvalue weighted by molar-refractivity contribution is 5.97. The Balaban J connectivity index is 2.31. The van der Waals surface area contributed by atoms with E-state index in [2.05, 4.69) is 0 Å². The standard InChI is InChI=1S/C14H18N2O4/c1-9(6-7-15)13(17)16-8-12(14(18)19)20-11-5-3-2-4-10(11)16/h2-5,9,12H,6-8,15H2,1H3,(H,18,19). The van der Waals surface area contributed by atoms with Crippen LogP contribution in [0.2, 0.25) is 0 Å². The molecule has 2 unspecified atom stereocenters. The van der Waals surface area contributed by atoms with E-state index in [1.54, 1.807) is 31.2 Å². The van der Waals surface area contributed by atoms with Gasteiger partial charge in [-0.3, -0.25) is 4.79 Å². The number of aliphatic carboxylic acids is 1. The molecule has 1 aromatic rings. The van der Waals surface area contributed by atoms with Crippen LogP contribution in [0.3, 0.4) is 0 Å². The van der Waals surface area contributed by atoms with E-state index in [4.69, 9.17) is 15.6 Å². The van der Waals surface area contributed by atoms with E-state index >= 15 is 0 Å². The predicted octanol–water partition coefficient (Wildman–Crippen LogP) is 0.850. The lowest BCUT2D eigenvalue weighted by atomic mass is 10.0. The number of ether oxygens (including phenoxy) is 1. The van der Waals surface area contributed by atoms with Gasteiger partial charge in [0.15, 0.2) is 0 Å². The van der Waals surface area contributed by atoms with Gasteiger partial charge in [-0.05, 0) is 25.1 Å². The topological polar surface area (TPSA) is 92.9 Å². The smallest absolute Gasteiger partial charge is 0.346 e. The molecule has 2 rings (SSSR count). The van der Waals surface area contributed by atoms with Crippen LogP contribution in [-0.2, 0) is 9.59 Å². The van der Waals surface area contributed by atoms with Crippen molar-refractivity contribution >= 4 is 17.6 Å². The number of nitrogens with two attached hydrogens (primary N) is 1. The zero-order valence-electron chi connectivity index (χ0n) is 11.3. The van der Waals surface area contributed by atoms with E-state index in [1.165, 1.54) is 4.90 Å². The quantitative estimate of drug-likeness (QED) is 0.851. The van der Waals surface area contributed by atoms with Gasteiger partial charge >= 0.3 is 5.97 Å². The maximum Gasteiger partial charge on any atom is 0.346 e. The van der Waals surface area contributed by atoms with Crippen LogP contribution in [0.25, 0.3) is 0 Å². The van der Waals surface area contributed by atoms with E-state index in [0.717, 1.165) is 0 Å². The molecule has 1 aliphatic rings. The molecule has 0 radical (unpaired) electrons. The summed E-state index contributed by atoms with van der Waals surface area (Å²) in [4.78, 5) is 25.1. The van der Waals surface area contributed by atoms with Crippen LogP contribution in [0.15, 0.2) is 24.3 Å². The summed E-state index contributed by atoms with van der Waals surface area (Å²) in [6, 6.07) is 6.95. The SMILES string of the molecule is CC(CCN)C(=O)N1CC(C(=O)O)Oc2ccccc21. The summed E-state index contributed by atoms with van der Waals surface area (Å²) < 4.78 is 5.40. The number of amides is 1. The number of rotatable bonds is 4. The Labute approximate surface area is 117 Å². The lowest BCUT2D eigenvalue weighted by Crippen LogP contribution is -2.48. The fourth-order valence-electron chi connectivity index (χ4n) is 2.21. The Morgan fingerprint density at radius 3 is 2.85 bits per heavy atom. The average molecular weight is 278 g/mol. The van der Waals surface area contributed by atoms with Crippen LogP contribution in [0.1, 0.15) is 13.3 Å². The fourth-order valence-corrected chi connectivity index (χ4v) is 2.21.